The Bertz CT molecular complexity index is 533. The summed E-state index contributed by atoms with van der Waals surface area (Å²) in [4.78, 5) is 0. The third kappa shape index (κ3) is 1.96. The highest BCUT2D eigenvalue weighted by molar-refractivity contribution is 5.49. The van der Waals surface area contributed by atoms with E-state index in [2.05, 4.69) is 45.9 Å². The largest absolute Gasteiger partial charge is 0.0732 e. The van der Waals surface area contributed by atoms with Gasteiger partial charge < -0.3 is 0 Å². The molecule has 19 heavy (non-hydrogen) atoms. The van der Waals surface area contributed by atoms with Crippen LogP contribution in [-0.2, 0) is 11.8 Å². The van der Waals surface area contributed by atoms with E-state index in [4.69, 9.17) is 0 Å². The van der Waals surface area contributed by atoms with E-state index in [0.29, 0.717) is 11.3 Å². The molecule has 2 aliphatic rings. The summed E-state index contributed by atoms with van der Waals surface area (Å²) in [5.41, 5.74) is 8.51. The molecule has 1 unspecified atom stereocenters. The smallest absolute Gasteiger partial charge is 0.0139 e. The Morgan fingerprint density at radius 1 is 1.11 bits per heavy atom. The van der Waals surface area contributed by atoms with Gasteiger partial charge in [-0.15, -0.1) is 0 Å². The molecule has 0 spiro atoms. The van der Waals surface area contributed by atoms with Crippen molar-refractivity contribution in [1.82, 2.24) is 0 Å². The van der Waals surface area contributed by atoms with Crippen molar-refractivity contribution in [3.63, 3.8) is 0 Å². The first-order valence-electron chi connectivity index (χ1n) is 7.85. The third-order valence-corrected chi connectivity index (χ3v) is 5.44. The van der Waals surface area contributed by atoms with Gasteiger partial charge >= 0.3 is 0 Å². The second kappa shape index (κ2) is 4.51. The maximum absolute atomic E-state index is 2.48. The van der Waals surface area contributed by atoms with Crippen LogP contribution >= 0.6 is 0 Å². The van der Waals surface area contributed by atoms with Gasteiger partial charge in [0.05, 0.1) is 0 Å². The third-order valence-electron chi connectivity index (χ3n) is 5.44. The minimum atomic E-state index is 0.339. The lowest BCUT2D eigenvalue weighted by atomic mass is 9.61. The zero-order chi connectivity index (χ0) is 13.6. The maximum atomic E-state index is 2.48. The fraction of sp³-hybridized carbons (Fsp3) is 0.579. The molecule has 1 atom stereocenters. The van der Waals surface area contributed by atoms with E-state index in [-0.39, 0.29) is 0 Å². The van der Waals surface area contributed by atoms with Crippen LogP contribution in [0.25, 0.3) is 0 Å². The summed E-state index contributed by atoms with van der Waals surface area (Å²) in [7, 11) is 0. The van der Waals surface area contributed by atoms with E-state index in [1.807, 2.05) is 0 Å². The van der Waals surface area contributed by atoms with Crippen LogP contribution in [0.1, 0.15) is 76.0 Å². The molecule has 0 nitrogen and oxygen atoms in total. The molecule has 0 N–H and O–H groups in total. The Hall–Kier alpha value is -1.04. The Morgan fingerprint density at radius 3 is 2.63 bits per heavy atom. The fourth-order valence-corrected chi connectivity index (χ4v) is 4.24. The zero-order valence-corrected chi connectivity index (χ0v) is 12.8. The quantitative estimate of drug-likeness (QED) is 0.579. The first-order chi connectivity index (χ1) is 9.02. The van der Waals surface area contributed by atoms with Crippen molar-refractivity contribution in [1.29, 1.82) is 0 Å². The minimum absolute atomic E-state index is 0.339. The number of rotatable bonds is 1. The van der Waals surface area contributed by atoms with E-state index in [0.717, 1.165) is 0 Å². The normalized spacial score (nSPS) is 26.4. The maximum Gasteiger partial charge on any atom is 0.0139 e. The van der Waals surface area contributed by atoms with Gasteiger partial charge in [-0.05, 0) is 61.6 Å². The Balaban J connectivity index is 2.12. The molecule has 3 rings (SSSR count). The lowest BCUT2D eigenvalue weighted by Crippen LogP contribution is -2.33. The van der Waals surface area contributed by atoms with Crippen molar-refractivity contribution in [2.45, 2.75) is 71.1 Å². The molecule has 0 heterocycles. The van der Waals surface area contributed by atoms with Crippen LogP contribution in [0.2, 0.25) is 0 Å². The second-order valence-corrected chi connectivity index (χ2v) is 7.02. The van der Waals surface area contributed by atoms with Gasteiger partial charge in [0.2, 0.25) is 0 Å². The summed E-state index contributed by atoms with van der Waals surface area (Å²) in [6.45, 7) is 9.43. The van der Waals surface area contributed by atoms with Crippen LogP contribution < -0.4 is 0 Å². The number of aryl methyl sites for hydroxylation is 1. The lowest BCUT2D eigenvalue weighted by Gasteiger charge is -2.43. The van der Waals surface area contributed by atoms with Crippen molar-refractivity contribution in [3.8, 4) is 0 Å². The number of allylic oxidation sites excluding steroid dienone is 2. The Kier molecular flexibility index (Phi) is 3.08. The molecule has 0 fully saturated rings. The summed E-state index contributed by atoms with van der Waals surface area (Å²) >= 11 is 0. The molecule has 0 saturated heterocycles. The SMILES string of the molecule is CC1=C2CCc3cc(C(C)C)ccc3C2(C)CCC1. The average Bonchev–Trinajstić information content (AvgIpc) is 2.38. The molecule has 0 bridgehead atoms. The van der Waals surface area contributed by atoms with Gasteiger partial charge in [-0.1, -0.05) is 50.1 Å². The lowest BCUT2D eigenvalue weighted by molar-refractivity contribution is 0.419. The van der Waals surface area contributed by atoms with E-state index < -0.39 is 0 Å². The van der Waals surface area contributed by atoms with Crippen LogP contribution in [0.3, 0.4) is 0 Å². The number of hydrogen-bond donors (Lipinski definition) is 0. The highest BCUT2D eigenvalue weighted by Crippen LogP contribution is 2.49. The average molecular weight is 254 g/mol. The molecule has 0 amide bonds. The van der Waals surface area contributed by atoms with Gasteiger partial charge in [-0.2, -0.15) is 0 Å². The van der Waals surface area contributed by atoms with Gasteiger partial charge in [0.15, 0.2) is 0 Å². The summed E-state index contributed by atoms with van der Waals surface area (Å²) in [5, 5.41) is 0. The second-order valence-electron chi connectivity index (χ2n) is 7.02. The Morgan fingerprint density at radius 2 is 1.89 bits per heavy atom. The molecule has 0 aliphatic heterocycles. The first kappa shape index (κ1) is 13.0. The van der Waals surface area contributed by atoms with E-state index in [1.165, 1.54) is 37.7 Å². The van der Waals surface area contributed by atoms with Crippen LogP contribution in [0.4, 0.5) is 0 Å². The van der Waals surface area contributed by atoms with Crippen LogP contribution in [-0.4, -0.2) is 0 Å². The van der Waals surface area contributed by atoms with Crippen molar-refractivity contribution in [2.24, 2.45) is 0 Å². The molecule has 0 heteroatoms. The summed E-state index contributed by atoms with van der Waals surface area (Å²) < 4.78 is 0. The number of fused-ring (bicyclic) bond motifs is 3. The topological polar surface area (TPSA) is 0 Å². The van der Waals surface area contributed by atoms with E-state index in [1.54, 1.807) is 22.3 Å². The van der Waals surface area contributed by atoms with Gasteiger partial charge in [0, 0.05) is 5.41 Å². The Labute approximate surface area is 117 Å². The summed E-state index contributed by atoms with van der Waals surface area (Å²) in [6, 6.07) is 7.27. The van der Waals surface area contributed by atoms with E-state index in [9.17, 15) is 0 Å². The van der Waals surface area contributed by atoms with Crippen molar-refractivity contribution in [3.05, 3.63) is 46.0 Å². The predicted molar refractivity (Wildman–Crippen MR) is 82.8 cm³/mol. The predicted octanol–water partition coefficient (Wildman–Crippen LogP) is 5.51. The highest BCUT2D eigenvalue weighted by atomic mass is 14.4. The van der Waals surface area contributed by atoms with Crippen LogP contribution in [0.15, 0.2) is 29.3 Å². The van der Waals surface area contributed by atoms with Gasteiger partial charge in [0.1, 0.15) is 0 Å². The number of hydrogen-bond acceptors (Lipinski definition) is 0. The monoisotopic (exact) mass is 254 g/mol. The van der Waals surface area contributed by atoms with Crippen molar-refractivity contribution < 1.29 is 0 Å². The molecule has 102 valence electrons. The van der Waals surface area contributed by atoms with Crippen molar-refractivity contribution >= 4 is 0 Å². The zero-order valence-electron chi connectivity index (χ0n) is 12.8. The molecule has 1 aromatic rings. The number of benzene rings is 1. The fourth-order valence-electron chi connectivity index (χ4n) is 4.24. The molecule has 1 aromatic carbocycles. The molecule has 0 aromatic heterocycles. The molecular weight excluding hydrogens is 228 g/mol. The standard InChI is InChI=1S/C19H26/c1-13(2)15-7-10-18-16(12-15)8-9-17-14(3)6-5-11-19(17,18)4/h7,10,12-13H,5-6,8-9,11H2,1-4H3. The molecule has 2 aliphatic carbocycles. The van der Waals surface area contributed by atoms with Crippen LogP contribution in [0.5, 0.6) is 0 Å². The molecule has 0 radical (unpaired) electrons. The van der Waals surface area contributed by atoms with Gasteiger partial charge in [0.25, 0.3) is 0 Å². The summed E-state index contributed by atoms with van der Waals surface area (Å²) in [5.74, 6) is 0.642. The van der Waals surface area contributed by atoms with E-state index >= 15 is 0 Å². The molecule has 0 saturated carbocycles. The highest BCUT2D eigenvalue weighted by Gasteiger charge is 2.38. The van der Waals surface area contributed by atoms with Gasteiger partial charge in [-0.3, -0.25) is 0 Å². The minimum Gasteiger partial charge on any atom is -0.0732 e. The van der Waals surface area contributed by atoms with Crippen LogP contribution in [0, 0.1) is 0 Å². The molecular formula is C19H26. The summed E-state index contributed by atoms with van der Waals surface area (Å²) in [6.07, 6.45) is 6.56. The first-order valence-corrected chi connectivity index (χ1v) is 7.85. The van der Waals surface area contributed by atoms with Gasteiger partial charge in [-0.25, -0.2) is 0 Å². The van der Waals surface area contributed by atoms with Crippen molar-refractivity contribution in [2.75, 3.05) is 0 Å².